The van der Waals surface area contributed by atoms with Crippen LogP contribution < -0.4 is 16.4 Å². The van der Waals surface area contributed by atoms with Crippen LogP contribution in [-0.4, -0.2) is 24.4 Å². The van der Waals surface area contributed by atoms with E-state index in [1.165, 1.54) is 17.6 Å². The predicted octanol–water partition coefficient (Wildman–Crippen LogP) is 3.43. The average Bonchev–Trinajstić information content (AvgIpc) is 3.15. The first-order valence-corrected chi connectivity index (χ1v) is 8.68. The van der Waals surface area contributed by atoms with E-state index in [0.29, 0.717) is 22.3 Å². The molecule has 8 heteroatoms. The molecule has 0 radical (unpaired) electrons. The van der Waals surface area contributed by atoms with Crippen LogP contribution in [0.2, 0.25) is 0 Å². The number of nitrogens with one attached hydrogen (secondary N) is 2. The van der Waals surface area contributed by atoms with Gasteiger partial charge in [-0.05, 0) is 43.0 Å². The molecule has 0 bridgehead atoms. The lowest BCUT2D eigenvalue weighted by Gasteiger charge is -2.18. The highest BCUT2D eigenvalue weighted by Gasteiger charge is 2.19. The third kappa shape index (κ3) is 5.88. The van der Waals surface area contributed by atoms with Crippen LogP contribution in [0.1, 0.15) is 46.1 Å². The van der Waals surface area contributed by atoms with Crippen LogP contribution in [0.5, 0.6) is 0 Å². The third-order valence-corrected chi connectivity index (χ3v) is 4.63. The molecule has 0 aromatic carbocycles. The SMILES string of the molecule is Cc1cc(NC(=O)c2ccco2)sc1C(=O)NC(CN)CC(C)C.Cl. The van der Waals surface area contributed by atoms with Crippen molar-refractivity contribution in [1.29, 1.82) is 0 Å². The van der Waals surface area contributed by atoms with Gasteiger partial charge in [0, 0.05) is 12.6 Å². The topological polar surface area (TPSA) is 97.4 Å². The molecule has 0 aliphatic heterocycles. The molecule has 4 N–H and O–H groups in total. The summed E-state index contributed by atoms with van der Waals surface area (Å²) >= 11 is 1.24. The lowest BCUT2D eigenvalue weighted by Crippen LogP contribution is -2.40. The number of halogens is 1. The summed E-state index contributed by atoms with van der Waals surface area (Å²) in [4.78, 5) is 25.0. The summed E-state index contributed by atoms with van der Waals surface area (Å²) < 4.78 is 5.06. The molecule has 0 aliphatic rings. The van der Waals surface area contributed by atoms with Gasteiger partial charge in [-0.15, -0.1) is 23.7 Å². The second-order valence-corrected chi connectivity index (χ2v) is 7.14. The molecule has 25 heavy (non-hydrogen) atoms. The van der Waals surface area contributed by atoms with Crippen molar-refractivity contribution >= 4 is 40.6 Å². The van der Waals surface area contributed by atoms with Crippen LogP contribution in [0.4, 0.5) is 5.00 Å². The summed E-state index contributed by atoms with van der Waals surface area (Å²) in [6.45, 7) is 6.42. The molecule has 0 fully saturated rings. The van der Waals surface area contributed by atoms with Crippen molar-refractivity contribution in [1.82, 2.24) is 5.32 Å². The summed E-state index contributed by atoms with van der Waals surface area (Å²) in [7, 11) is 0. The fourth-order valence-corrected chi connectivity index (χ4v) is 3.36. The number of thiophene rings is 1. The highest BCUT2D eigenvalue weighted by Crippen LogP contribution is 2.27. The quantitative estimate of drug-likeness (QED) is 0.680. The van der Waals surface area contributed by atoms with Gasteiger partial charge in [-0.2, -0.15) is 0 Å². The Morgan fingerprint density at radius 2 is 2.04 bits per heavy atom. The minimum Gasteiger partial charge on any atom is -0.459 e. The van der Waals surface area contributed by atoms with E-state index in [0.717, 1.165) is 12.0 Å². The Morgan fingerprint density at radius 3 is 2.60 bits per heavy atom. The van der Waals surface area contributed by atoms with E-state index >= 15 is 0 Å². The van der Waals surface area contributed by atoms with E-state index in [4.69, 9.17) is 10.2 Å². The van der Waals surface area contributed by atoms with Crippen LogP contribution in [0.3, 0.4) is 0 Å². The average molecular weight is 386 g/mol. The Labute approximate surface area is 157 Å². The molecule has 2 heterocycles. The Morgan fingerprint density at radius 1 is 1.32 bits per heavy atom. The minimum absolute atomic E-state index is 0. The molecule has 1 unspecified atom stereocenters. The number of hydrogen-bond donors (Lipinski definition) is 3. The highest BCUT2D eigenvalue weighted by molar-refractivity contribution is 7.18. The van der Waals surface area contributed by atoms with E-state index in [9.17, 15) is 9.59 Å². The van der Waals surface area contributed by atoms with Crippen molar-refractivity contribution in [3.63, 3.8) is 0 Å². The van der Waals surface area contributed by atoms with Crippen LogP contribution in [0.25, 0.3) is 0 Å². The molecule has 0 saturated carbocycles. The number of nitrogens with two attached hydrogens (primary N) is 1. The maximum absolute atomic E-state index is 12.5. The number of anilines is 1. The number of rotatable bonds is 7. The van der Waals surface area contributed by atoms with Gasteiger partial charge in [-0.1, -0.05) is 13.8 Å². The van der Waals surface area contributed by atoms with Gasteiger partial charge in [-0.3, -0.25) is 9.59 Å². The number of carbonyl (C=O) groups is 2. The van der Waals surface area contributed by atoms with Gasteiger partial charge in [0.2, 0.25) is 0 Å². The molecule has 0 saturated heterocycles. The van der Waals surface area contributed by atoms with Crippen LogP contribution in [-0.2, 0) is 0 Å². The van der Waals surface area contributed by atoms with Gasteiger partial charge in [-0.25, -0.2) is 0 Å². The largest absolute Gasteiger partial charge is 0.459 e. The van der Waals surface area contributed by atoms with Crippen LogP contribution >= 0.6 is 23.7 Å². The second-order valence-electron chi connectivity index (χ2n) is 6.09. The standard InChI is InChI=1S/C17H23N3O3S.ClH/c1-10(2)7-12(9-18)19-17(22)15-11(3)8-14(24-15)20-16(21)13-5-4-6-23-13;/h4-6,8,10,12H,7,9,18H2,1-3H3,(H,19,22)(H,20,21);1H. The molecular formula is C17H24ClN3O3S. The monoisotopic (exact) mass is 385 g/mol. The first-order valence-electron chi connectivity index (χ1n) is 7.87. The van der Waals surface area contributed by atoms with Crippen LogP contribution in [0.15, 0.2) is 28.9 Å². The molecule has 138 valence electrons. The van der Waals surface area contributed by atoms with Crippen molar-refractivity contribution in [3.05, 3.63) is 40.7 Å². The molecule has 2 aromatic rings. The maximum Gasteiger partial charge on any atom is 0.291 e. The lowest BCUT2D eigenvalue weighted by atomic mass is 10.0. The van der Waals surface area contributed by atoms with E-state index in [-0.39, 0.29) is 36.0 Å². The number of hydrogen-bond acceptors (Lipinski definition) is 5. The van der Waals surface area contributed by atoms with Gasteiger partial charge in [0.1, 0.15) is 0 Å². The minimum atomic E-state index is -0.340. The molecule has 2 aromatic heterocycles. The van der Waals surface area contributed by atoms with Crippen molar-refractivity contribution in [2.24, 2.45) is 11.7 Å². The molecule has 1 atom stereocenters. The van der Waals surface area contributed by atoms with E-state index in [1.807, 2.05) is 6.92 Å². The summed E-state index contributed by atoms with van der Waals surface area (Å²) in [6.07, 6.45) is 2.27. The third-order valence-electron chi connectivity index (χ3n) is 3.48. The number of furan rings is 1. The first-order chi connectivity index (χ1) is 11.4. The van der Waals surface area contributed by atoms with Crippen molar-refractivity contribution in [3.8, 4) is 0 Å². The zero-order chi connectivity index (χ0) is 17.7. The summed E-state index contributed by atoms with van der Waals surface area (Å²) in [6, 6.07) is 4.96. The molecule has 0 aliphatic carbocycles. The zero-order valence-corrected chi connectivity index (χ0v) is 16.1. The fraction of sp³-hybridized carbons (Fsp3) is 0.412. The van der Waals surface area contributed by atoms with Crippen LogP contribution in [0, 0.1) is 12.8 Å². The lowest BCUT2D eigenvalue weighted by molar-refractivity contribution is 0.0936. The molecule has 0 spiro atoms. The predicted molar refractivity (Wildman–Crippen MR) is 103 cm³/mol. The fourth-order valence-electron chi connectivity index (χ4n) is 2.38. The Bertz CT molecular complexity index is 698. The number of amides is 2. The molecule has 2 amide bonds. The van der Waals surface area contributed by atoms with Gasteiger partial charge in [0.15, 0.2) is 5.76 Å². The Kier molecular flexibility index (Phi) is 8.15. The maximum atomic E-state index is 12.5. The van der Waals surface area contributed by atoms with E-state index < -0.39 is 0 Å². The molecule has 2 rings (SSSR count). The smallest absolute Gasteiger partial charge is 0.291 e. The number of aryl methyl sites for hydroxylation is 1. The zero-order valence-electron chi connectivity index (χ0n) is 14.5. The Hall–Kier alpha value is -1.83. The van der Waals surface area contributed by atoms with Gasteiger partial charge < -0.3 is 20.8 Å². The summed E-state index contributed by atoms with van der Waals surface area (Å²) in [5, 5.41) is 6.31. The summed E-state index contributed by atoms with van der Waals surface area (Å²) in [5.41, 5.74) is 6.54. The second kappa shape index (κ2) is 9.60. The van der Waals surface area contributed by atoms with Gasteiger partial charge in [0.25, 0.3) is 11.8 Å². The molecule has 6 nitrogen and oxygen atoms in total. The highest BCUT2D eigenvalue weighted by atomic mass is 35.5. The molecular weight excluding hydrogens is 362 g/mol. The Balaban J connectivity index is 0.00000312. The van der Waals surface area contributed by atoms with Crippen molar-refractivity contribution < 1.29 is 14.0 Å². The van der Waals surface area contributed by atoms with Gasteiger partial charge >= 0.3 is 0 Å². The van der Waals surface area contributed by atoms with E-state index in [1.54, 1.807) is 18.2 Å². The normalized spacial score (nSPS) is 11.7. The van der Waals surface area contributed by atoms with Gasteiger partial charge in [0.05, 0.1) is 16.1 Å². The van der Waals surface area contributed by atoms with E-state index in [2.05, 4.69) is 24.5 Å². The van der Waals surface area contributed by atoms with Crippen molar-refractivity contribution in [2.45, 2.75) is 33.2 Å². The first kappa shape index (κ1) is 21.2. The number of carbonyl (C=O) groups excluding carboxylic acids is 2. The summed E-state index contributed by atoms with van der Waals surface area (Å²) in [5.74, 6) is 0.179. The van der Waals surface area contributed by atoms with Crippen molar-refractivity contribution in [2.75, 3.05) is 11.9 Å².